The van der Waals surface area contributed by atoms with Crippen molar-refractivity contribution in [2.45, 2.75) is 42.4 Å². The molecule has 0 heterocycles. The van der Waals surface area contributed by atoms with Gasteiger partial charge in [0.1, 0.15) is 5.75 Å². The lowest BCUT2D eigenvalue weighted by molar-refractivity contribution is -0.466. The lowest BCUT2D eigenvalue weighted by Gasteiger charge is -2.44. The van der Waals surface area contributed by atoms with Gasteiger partial charge in [-0.3, -0.25) is 0 Å². The number of halogens is 13. The number of carbonyl (C=O) groups is 1. The van der Waals surface area contributed by atoms with Crippen molar-refractivity contribution in [3.8, 4) is 5.75 Å². The second kappa shape index (κ2) is 8.93. The van der Waals surface area contributed by atoms with E-state index in [1.54, 1.807) is 0 Å². The number of hydrogen-bond donors (Lipinski definition) is 0. The molecule has 0 amide bonds. The number of carbonyl (C=O) groups excluding carboxylic acids is 1. The van der Waals surface area contributed by atoms with Crippen LogP contribution in [0.3, 0.4) is 0 Å². The minimum absolute atomic E-state index is 0.0243. The van der Waals surface area contributed by atoms with Crippen molar-refractivity contribution in [1.29, 1.82) is 0 Å². The van der Waals surface area contributed by atoms with Crippen LogP contribution in [0.1, 0.15) is 5.56 Å². The first-order valence-corrected chi connectivity index (χ1v) is 8.18. The fraction of sp³-hybridized carbons (Fsp3) is 0.471. The Morgan fingerprint density at radius 3 is 1.58 bits per heavy atom. The summed E-state index contributed by atoms with van der Waals surface area (Å²) in [4.78, 5) is 10.9. The standard InChI is InChI=1S/C17H11F13O3/c1-2-11(31)32-8-7-9-3-5-10(6-4-9)33-12(15(22,23)24,16(25,26)27)13(18,19)14(20,21)17(28,29)30/h2-6H,1,7-8H2. The van der Waals surface area contributed by atoms with Gasteiger partial charge >= 0.3 is 41.9 Å². The number of ether oxygens (including phenoxy) is 2. The average molecular weight is 510 g/mol. The maximum atomic E-state index is 14.0. The van der Waals surface area contributed by atoms with Crippen LogP contribution in [-0.4, -0.2) is 48.6 Å². The Bertz CT molecular complexity index is 822. The van der Waals surface area contributed by atoms with Gasteiger partial charge in [0.15, 0.2) is 0 Å². The fourth-order valence-corrected chi connectivity index (χ4v) is 2.32. The molecule has 0 N–H and O–H groups in total. The van der Waals surface area contributed by atoms with Gasteiger partial charge in [0, 0.05) is 12.5 Å². The van der Waals surface area contributed by atoms with Crippen LogP contribution in [0.4, 0.5) is 57.1 Å². The number of benzene rings is 1. The number of rotatable bonds is 8. The van der Waals surface area contributed by atoms with Crippen LogP contribution in [0.5, 0.6) is 5.75 Å². The van der Waals surface area contributed by atoms with Gasteiger partial charge in [-0.2, -0.15) is 57.1 Å². The van der Waals surface area contributed by atoms with Gasteiger partial charge in [0.05, 0.1) is 6.61 Å². The molecular weight excluding hydrogens is 499 g/mol. The summed E-state index contributed by atoms with van der Waals surface area (Å²) in [7, 11) is 0. The van der Waals surface area contributed by atoms with Gasteiger partial charge in [0.25, 0.3) is 0 Å². The van der Waals surface area contributed by atoms with Crippen molar-refractivity contribution in [2.75, 3.05) is 6.61 Å². The van der Waals surface area contributed by atoms with E-state index in [1.807, 2.05) is 0 Å². The van der Waals surface area contributed by atoms with E-state index < -0.39 is 47.7 Å². The zero-order chi connectivity index (χ0) is 26.1. The minimum Gasteiger partial charge on any atom is -0.464 e. The van der Waals surface area contributed by atoms with E-state index in [-0.39, 0.29) is 30.7 Å². The molecule has 1 rings (SSSR count). The topological polar surface area (TPSA) is 35.5 Å². The van der Waals surface area contributed by atoms with E-state index in [9.17, 15) is 61.9 Å². The van der Waals surface area contributed by atoms with Crippen LogP contribution in [0, 0.1) is 0 Å². The Morgan fingerprint density at radius 2 is 1.21 bits per heavy atom. The molecule has 0 aromatic heterocycles. The Hall–Kier alpha value is -2.68. The largest absolute Gasteiger partial charge is 0.464 e. The van der Waals surface area contributed by atoms with E-state index in [4.69, 9.17) is 0 Å². The Labute approximate surface area is 175 Å². The molecule has 0 radical (unpaired) electrons. The zero-order valence-corrected chi connectivity index (χ0v) is 15.6. The van der Waals surface area contributed by atoms with E-state index >= 15 is 0 Å². The zero-order valence-electron chi connectivity index (χ0n) is 15.6. The third kappa shape index (κ3) is 5.13. The summed E-state index contributed by atoms with van der Waals surface area (Å²) in [5.74, 6) is -18.3. The van der Waals surface area contributed by atoms with Gasteiger partial charge in [-0.15, -0.1) is 0 Å². The summed E-state index contributed by atoms with van der Waals surface area (Å²) in [5, 5.41) is 0. The molecule has 16 heteroatoms. The van der Waals surface area contributed by atoms with Crippen molar-refractivity contribution in [1.82, 2.24) is 0 Å². The van der Waals surface area contributed by atoms with Gasteiger partial charge < -0.3 is 9.47 Å². The lowest BCUT2D eigenvalue weighted by atomic mass is 9.88. The van der Waals surface area contributed by atoms with Crippen LogP contribution in [0.2, 0.25) is 0 Å². The van der Waals surface area contributed by atoms with Crippen LogP contribution in [0.15, 0.2) is 36.9 Å². The van der Waals surface area contributed by atoms with Crippen molar-refractivity contribution < 1.29 is 71.3 Å². The molecule has 1 aromatic rings. The van der Waals surface area contributed by atoms with Crippen LogP contribution in [0.25, 0.3) is 0 Å². The monoisotopic (exact) mass is 510 g/mol. The predicted octanol–water partition coefficient (Wildman–Crippen LogP) is 6.03. The highest BCUT2D eigenvalue weighted by Crippen LogP contribution is 2.61. The molecule has 0 spiro atoms. The van der Waals surface area contributed by atoms with Gasteiger partial charge in [-0.1, -0.05) is 18.7 Å². The van der Waals surface area contributed by atoms with Gasteiger partial charge in [-0.05, 0) is 17.7 Å². The fourth-order valence-electron chi connectivity index (χ4n) is 2.32. The molecule has 0 atom stereocenters. The molecule has 0 saturated heterocycles. The van der Waals surface area contributed by atoms with Gasteiger partial charge in [-0.25, -0.2) is 4.79 Å². The Morgan fingerprint density at radius 1 is 0.758 bits per heavy atom. The first kappa shape index (κ1) is 28.4. The number of hydrogen-bond acceptors (Lipinski definition) is 3. The Kier molecular flexibility index (Phi) is 7.67. The highest BCUT2D eigenvalue weighted by Gasteiger charge is 2.94. The smallest absolute Gasteiger partial charge is 0.460 e. The third-order valence-corrected chi connectivity index (χ3v) is 3.99. The van der Waals surface area contributed by atoms with Crippen LogP contribution < -0.4 is 4.74 Å². The molecule has 0 aliphatic rings. The summed E-state index contributed by atoms with van der Waals surface area (Å²) in [5.41, 5.74) is -7.26. The summed E-state index contributed by atoms with van der Waals surface area (Å²) in [6.45, 7) is 2.70. The molecule has 188 valence electrons. The highest BCUT2D eigenvalue weighted by atomic mass is 19.4. The van der Waals surface area contributed by atoms with E-state index in [1.165, 1.54) is 0 Å². The molecule has 0 aliphatic heterocycles. The minimum atomic E-state index is -7.90. The molecule has 0 aliphatic carbocycles. The molecule has 3 nitrogen and oxygen atoms in total. The van der Waals surface area contributed by atoms with E-state index in [2.05, 4.69) is 16.1 Å². The van der Waals surface area contributed by atoms with Gasteiger partial charge in [0.2, 0.25) is 0 Å². The van der Waals surface area contributed by atoms with Crippen molar-refractivity contribution in [2.24, 2.45) is 0 Å². The third-order valence-electron chi connectivity index (χ3n) is 3.99. The SMILES string of the molecule is C=CC(=O)OCCc1ccc(OC(C(F)(F)F)(C(F)(F)F)C(F)(F)C(F)(F)C(F)(F)F)cc1. The Balaban J connectivity index is 3.50. The predicted molar refractivity (Wildman–Crippen MR) is 82.7 cm³/mol. The summed E-state index contributed by atoms with van der Waals surface area (Å²) in [6, 6.07) is 1.74. The molecule has 33 heavy (non-hydrogen) atoms. The van der Waals surface area contributed by atoms with Crippen LogP contribution in [-0.2, 0) is 16.0 Å². The van der Waals surface area contributed by atoms with Crippen molar-refractivity contribution in [3.05, 3.63) is 42.5 Å². The highest BCUT2D eigenvalue weighted by molar-refractivity contribution is 5.81. The molecule has 0 fully saturated rings. The number of esters is 1. The van der Waals surface area contributed by atoms with E-state index in [0.717, 1.165) is 6.08 Å². The van der Waals surface area contributed by atoms with E-state index in [0.29, 0.717) is 12.1 Å². The summed E-state index contributed by atoms with van der Waals surface area (Å²) in [6.07, 6.45) is -21.9. The molecule has 0 bridgehead atoms. The molecule has 0 saturated carbocycles. The van der Waals surface area contributed by atoms with Crippen molar-refractivity contribution in [3.63, 3.8) is 0 Å². The lowest BCUT2D eigenvalue weighted by Crippen LogP contribution is -2.77. The summed E-state index contributed by atoms with van der Waals surface area (Å²) < 4.78 is 179. The second-order valence-electron chi connectivity index (χ2n) is 6.19. The quantitative estimate of drug-likeness (QED) is 0.243. The van der Waals surface area contributed by atoms with Crippen LogP contribution >= 0.6 is 0 Å². The maximum Gasteiger partial charge on any atom is 0.460 e. The first-order valence-electron chi connectivity index (χ1n) is 8.18. The van der Waals surface area contributed by atoms with Crippen molar-refractivity contribution >= 4 is 5.97 Å². The second-order valence-corrected chi connectivity index (χ2v) is 6.19. The average Bonchev–Trinajstić information content (AvgIpc) is 2.63. The normalized spacial score (nSPS) is 14.1. The first-order chi connectivity index (χ1) is 14.7. The molecular formula is C17H11F13O3. The summed E-state index contributed by atoms with van der Waals surface area (Å²) >= 11 is 0. The maximum absolute atomic E-state index is 14.0. The molecule has 0 unspecified atom stereocenters. The number of alkyl halides is 13. The molecule has 1 aromatic carbocycles.